The maximum Gasteiger partial charge on any atom is 0.0947 e. The molecule has 0 saturated carbocycles. The van der Waals surface area contributed by atoms with E-state index in [2.05, 4.69) is 28.2 Å². The Kier molecular flexibility index (Phi) is 1.85. The van der Waals surface area contributed by atoms with E-state index in [1.807, 2.05) is 30.5 Å². The highest BCUT2D eigenvalue weighted by Gasteiger charge is 2.09. The van der Waals surface area contributed by atoms with Crippen molar-refractivity contribution in [3.8, 4) is 0 Å². The van der Waals surface area contributed by atoms with Crippen LogP contribution >= 0.6 is 0 Å². The second-order valence-corrected chi connectivity index (χ2v) is 3.59. The predicted molar refractivity (Wildman–Crippen MR) is 58.7 cm³/mol. The van der Waals surface area contributed by atoms with Crippen LogP contribution in [-0.2, 0) is 0 Å². The maximum atomic E-state index is 4.60. The van der Waals surface area contributed by atoms with E-state index in [-0.39, 0.29) is 6.04 Å². The van der Waals surface area contributed by atoms with Crippen LogP contribution in [0.2, 0.25) is 0 Å². The SMILES string of the molecule is C1=c2ccncc2=N[C@@H]1c1ccccc1. The lowest BCUT2D eigenvalue weighted by Gasteiger charge is -2.03. The number of rotatable bonds is 1. The molecule has 1 aromatic carbocycles. The topological polar surface area (TPSA) is 25.2 Å². The third kappa shape index (κ3) is 1.44. The van der Waals surface area contributed by atoms with Gasteiger partial charge in [-0.2, -0.15) is 0 Å². The Labute approximate surface area is 87.6 Å². The lowest BCUT2D eigenvalue weighted by Crippen LogP contribution is -2.20. The zero-order chi connectivity index (χ0) is 10.1. The van der Waals surface area contributed by atoms with Gasteiger partial charge in [0.1, 0.15) is 0 Å². The summed E-state index contributed by atoms with van der Waals surface area (Å²) in [6, 6.07) is 12.5. The highest BCUT2D eigenvalue weighted by molar-refractivity contribution is 5.41. The van der Waals surface area contributed by atoms with Gasteiger partial charge in [-0.1, -0.05) is 30.3 Å². The first-order valence-electron chi connectivity index (χ1n) is 4.98. The fourth-order valence-corrected chi connectivity index (χ4v) is 1.82. The molecule has 0 aliphatic carbocycles. The number of hydrogen-bond acceptors (Lipinski definition) is 2. The Balaban J connectivity index is 2.12. The van der Waals surface area contributed by atoms with Crippen LogP contribution in [0.4, 0.5) is 0 Å². The fourth-order valence-electron chi connectivity index (χ4n) is 1.82. The Morgan fingerprint density at radius 3 is 2.67 bits per heavy atom. The van der Waals surface area contributed by atoms with Crippen LogP contribution in [0, 0.1) is 0 Å². The Morgan fingerprint density at radius 1 is 1.00 bits per heavy atom. The van der Waals surface area contributed by atoms with E-state index in [1.165, 1.54) is 10.8 Å². The van der Waals surface area contributed by atoms with Crippen molar-refractivity contribution in [1.29, 1.82) is 0 Å². The van der Waals surface area contributed by atoms with Crippen LogP contribution < -0.4 is 10.6 Å². The van der Waals surface area contributed by atoms with E-state index in [9.17, 15) is 0 Å². The summed E-state index contributed by atoms with van der Waals surface area (Å²) in [4.78, 5) is 8.67. The van der Waals surface area contributed by atoms with E-state index < -0.39 is 0 Å². The largest absolute Gasteiger partial charge is 0.271 e. The molecule has 1 atom stereocenters. The molecule has 1 aromatic heterocycles. The Hall–Kier alpha value is -1.96. The summed E-state index contributed by atoms with van der Waals surface area (Å²) < 4.78 is 0. The van der Waals surface area contributed by atoms with Gasteiger partial charge in [-0.15, -0.1) is 0 Å². The second-order valence-electron chi connectivity index (χ2n) is 3.59. The normalized spacial score (nSPS) is 17.7. The number of benzene rings is 1. The minimum absolute atomic E-state index is 0.158. The van der Waals surface area contributed by atoms with E-state index in [1.54, 1.807) is 6.20 Å². The van der Waals surface area contributed by atoms with Crippen molar-refractivity contribution < 1.29 is 0 Å². The van der Waals surface area contributed by atoms with Crippen LogP contribution in [0.1, 0.15) is 11.6 Å². The van der Waals surface area contributed by atoms with Gasteiger partial charge in [-0.25, -0.2) is 0 Å². The van der Waals surface area contributed by atoms with Crippen molar-refractivity contribution in [3.05, 3.63) is 64.9 Å². The molecule has 0 spiro atoms. The van der Waals surface area contributed by atoms with Gasteiger partial charge in [-0.05, 0) is 17.7 Å². The lowest BCUT2D eigenvalue weighted by atomic mass is 10.1. The fraction of sp³-hybridized carbons (Fsp3) is 0.0769. The first-order chi connectivity index (χ1) is 7.43. The molecule has 0 saturated heterocycles. The first-order valence-corrected chi connectivity index (χ1v) is 4.98. The van der Waals surface area contributed by atoms with E-state index in [0.29, 0.717) is 0 Å². The molecule has 0 amide bonds. The summed E-state index contributed by atoms with van der Waals surface area (Å²) in [5.74, 6) is 0. The smallest absolute Gasteiger partial charge is 0.0947 e. The van der Waals surface area contributed by atoms with Crippen LogP contribution in [0.25, 0.3) is 6.08 Å². The average molecular weight is 194 g/mol. The van der Waals surface area contributed by atoms with Gasteiger partial charge in [0.15, 0.2) is 0 Å². The molecule has 0 radical (unpaired) electrons. The molecule has 0 N–H and O–H groups in total. The van der Waals surface area contributed by atoms with Gasteiger partial charge >= 0.3 is 0 Å². The summed E-state index contributed by atoms with van der Waals surface area (Å²) in [7, 11) is 0. The van der Waals surface area contributed by atoms with Crippen LogP contribution in [0.3, 0.4) is 0 Å². The van der Waals surface area contributed by atoms with E-state index in [0.717, 1.165) is 5.36 Å². The second kappa shape index (κ2) is 3.31. The summed E-state index contributed by atoms with van der Waals surface area (Å²) in [6.07, 6.45) is 5.79. The van der Waals surface area contributed by atoms with Gasteiger partial charge in [0, 0.05) is 11.4 Å². The zero-order valence-corrected chi connectivity index (χ0v) is 8.17. The monoisotopic (exact) mass is 194 g/mol. The highest BCUT2D eigenvalue weighted by Crippen LogP contribution is 2.18. The number of hydrogen-bond donors (Lipinski definition) is 0. The van der Waals surface area contributed by atoms with Crippen LogP contribution in [0.15, 0.2) is 53.8 Å². The zero-order valence-electron chi connectivity index (χ0n) is 8.17. The van der Waals surface area contributed by atoms with Crippen molar-refractivity contribution in [2.45, 2.75) is 6.04 Å². The van der Waals surface area contributed by atoms with Crippen molar-refractivity contribution >= 4 is 6.08 Å². The van der Waals surface area contributed by atoms with E-state index >= 15 is 0 Å². The minimum Gasteiger partial charge on any atom is -0.271 e. The quantitative estimate of drug-likeness (QED) is 0.670. The van der Waals surface area contributed by atoms with Crippen LogP contribution in [-0.4, -0.2) is 4.98 Å². The Morgan fingerprint density at radius 2 is 1.87 bits per heavy atom. The van der Waals surface area contributed by atoms with Crippen molar-refractivity contribution in [2.24, 2.45) is 4.99 Å². The average Bonchev–Trinajstić information content (AvgIpc) is 2.74. The molecule has 0 bridgehead atoms. The standard InChI is InChI=1S/C13H10N2/c1-2-4-10(5-3-1)12-8-11-6-7-14-9-13(11)15-12/h1-9,12H/t12-/m0/s1. The first kappa shape index (κ1) is 8.36. The molecule has 2 aromatic rings. The third-order valence-corrected chi connectivity index (χ3v) is 2.59. The van der Waals surface area contributed by atoms with Crippen LogP contribution in [0.5, 0.6) is 0 Å². The molecule has 72 valence electrons. The molecule has 2 nitrogen and oxygen atoms in total. The van der Waals surface area contributed by atoms with Gasteiger partial charge in [0.25, 0.3) is 0 Å². The lowest BCUT2D eigenvalue weighted by molar-refractivity contribution is 0.938. The van der Waals surface area contributed by atoms with E-state index in [4.69, 9.17) is 0 Å². The maximum absolute atomic E-state index is 4.60. The molecule has 1 aliphatic rings. The molecular weight excluding hydrogens is 184 g/mol. The summed E-state index contributed by atoms with van der Waals surface area (Å²) in [6.45, 7) is 0. The molecule has 3 rings (SSSR count). The van der Waals surface area contributed by atoms with Crippen molar-refractivity contribution in [3.63, 3.8) is 0 Å². The third-order valence-electron chi connectivity index (χ3n) is 2.59. The Bertz CT molecular complexity index is 552. The molecule has 15 heavy (non-hydrogen) atoms. The van der Waals surface area contributed by atoms with Gasteiger partial charge in [0.2, 0.25) is 0 Å². The molecular formula is C13H10N2. The van der Waals surface area contributed by atoms with Crippen molar-refractivity contribution in [1.82, 2.24) is 4.98 Å². The van der Waals surface area contributed by atoms with Crippen molar-refractivity contribution in [2.75, 3.05) is 0 Å². The molecule has 0 fully saturated rings. The highest BCUT2D eigenvalue weighted by atomic mass is 14.8. The number of aromatic nitrogens is 1. The molecule has 1 aliphatic heterocycles. The predicted octanol–water partition coefficient (Wildman–Crippen LogP) is 1.24. The summed E-state index contributed by atoms with van der Waals surface area (Å²) in [5.41, 5.74) is 1.23. The minimum atomic E-state index is 0.158. The summed E-state index contributed by atoms with van der Waals surface area (Å²) >= 11 is 0. The number of pyridine rings is 1. The van der Waals surface area contributed by atoms with Gasteiger partial charge < -0.3 is 0 Å². The number of nitrogens with zero attached hydrogens (tertiary/aromatic N) is 2. The molecule has 2 heterocycles. The molecule has 0 unspecified atom stereocenters. The molecule has 2 heteroatoms. The number of fused-ring (bicyclic) bond motifs is 1. The van der Waals surface area contributed by atoms with Gasteiger partial charge in [0.05, 0.1) is 17.6 Å². The van der Waals surface area contributed by atoms with Gasteiger partial charge in [-0.3, -0.25) is 9.98 Å². The summed E-state index contributed by atoms with van der Waals surface area (Å²) in [5, 5.41) is 2.17.